The molecule has 6 fully saturated rings. The molecule has 0 aromatic heterocycles. The second-order valence-corrected chi connectivity index (χ2v) is 19.2. The number of carboxylic acid groups (broad SMARTS) is 1. The predicted molar refractivity (Wildman–Crippen MR) is 196 cm³/mol. The molecule has 20 unspecified atom stereocenters. The number of aliphatic carboxylic acids is 1. The second kappa shape index (κ2) is 14.8. The van der Waals surface area contributed by atoms with Crippen LogP contribution in [0.2, 0.25) is 0 Å². The lowest BCUT2D eigenvalue weighted by Crippen LogP contribution is -2.70. The van der Waals surface area contributed by atoms with Gasteiger partial charge in [-0.1, -0.05) is 44.6 Å². The summed E-state index contributed by atoms with van der Waals surface area (Å²) in [5.41, 5.74) is -2.22. The van der Waals surface area contributed by atoms with Crippen molar-refractivity contribution in [2.75, 3.05) is 13.2 Å². The molecule has 16 heteroatoms. The van der Waals surface area contributed by atoms with Crippen molar-refractivity contribution in [3.8, 4) is 0 Å². The van der Waals surface area contributed by atoms with E-state index >= 15 is 0 Å². The van der Waals surface area contributed by atoms with E-state index in [9.17, 15) is 60.7 Å². The van der Waals surface area contributed by atoms with Crippen molar-refractivity contribution >= 4 is 11.9 Å². The molecule has 16 nitrogen and oxygen atoms in total. The topological polar surface area (TPSA) is 273 Å². The van der Waals surface area contributed by atoms with Crippen LogP contribution in [-0.2, 0) is 28.5 Å². The van der Waals surface area contributed by atoms with E-state index in [2.05, 4.69) is 26.5 Å². The monoisotopic (exact) mass is 810 g/mol. The Morgan fingerprint density at radius 2 is 1.40 bits per heavy atom. The number of carbonyl (C=O) groups excluding carboxylic acids is 1. The highest BCUT2D eigenvalue weighted by Crippen LogP contribution is 2.75. The van der Waals surface area contributed by atoms with E-state index in [0.29, 0.717) is 51.4 Å². The number of carboxylic acids is 1. The number of hydrogen-bond acceptors (Lipinski definition) is 15. The number of allylic oxidation sites excluding steroid dienone is 3. The minimum absolute atomic E-state index is 0.112. The molecule has 4 saturated carbocycles. The lowest BCUT2D eigenvalue weighted by atomic mass is 9.33. The van der Waals surface area contributed by atoms with E-state index < -0.39 is 132 Å². The van der Waals surface area contributed by atoms with Gasteiger partial charge in [0.05, 0.1) is 30.1 Å². The van der Waals surface area contributed by atoms with Gasteiger partial charge >= 0.3 is 11.9 Å². The highest BCUT2D eigenvalue weighted by atomic mass is 16.7. The molecule has 2 aliphatic heterocycles. The van der Waals surface area contributed by atoms with Crippen LogP contribution in [0.4, 0.5) is 0 Å². The Morgan fingerprint density at radius 1 is 0.807 bits per heavy atom. The van der Waals surface area contributed by atoms with Crippen LogP contribution in [0.25, 0.3) is 0 Å². The summed E-state index contributed by atoms with van der Waals surface area (Å²) in [6, 6.07) is 0. The average molecular weight is 811 g/mol. The first-order chi connectivity index (χ1) is 26.7. The smallest absolute Gasteiger partial charge is 0.315 e. The first-order valence-corrected chi connectivity index (χ1v) is 20.4. The van der Waals surface area contributed by atoms with Crippen LogP contribution in [0.15, 0.2) is 23.8 Å². The fraction of sp³-hybridized carbons (Fsp3) is 0.854. The minimum Gasteiger partial charge on any atom is -0.481 e. The number of fused-ring (bicyclic) bond motifs is 7. The summed E-state index contributed by atoms with van der Waals surface area (Å²) in [6.07, 6.45) is -12.1. The zero-order valence-corrected chi connectivity index (χ0v) is 33.1. The molecule has 0 radical (unpaired) electrons. The third-order valence-electron chi connectivity index (χ3n) is 16.7. The fourth-order valence-electron chi connectivity index (χ4n) is 13.2. The quantitative estimate of drug-likeness (QED) is 0.0912. The fourth-order valence-corrected chi connectivity index (χ4v) is 13.2. The molecule has 0 amide bonds. The Balaban J connectivity index is 1.19. The number of rotatable bonds is 7. The number of hydrogen-bond donors (Lipinski definition) is 10. The van der Waals surface area contributed by atoms with E-state index in [1.54, 1.807) is 6.92 Å². The SMILES string of the molecule is C=C1CCC2(C(=O)OC3OC(CO)C(O)C(O)C3O)CCC3(C)C(=CCC4C5(C)CC(O)C(OC6OC(CO)C(O)C(O)C6O)C(C)(C(=O)O)C5CCC43C)C2C1. The van der Waals surface area contributed by atoms with Crippen LogP contribution in [0, 0.1) is 44.8 Å². The number of aliphatic hydroxyl groups is 9. The lowest BCUT2D eigenvalue weighted by molar-refractivity contribution is -0.340. The molecular formula is C41H62O16. The van der Waals surface area contributed by atoms with E-state index in [4.69, 9.17) is 18.9 Å². The Hall–Kier alpha value is -2.06. The summed E-state index contributed by atoms with van der Waals surface area (Å²) in [5.74, 6) is -2.72. The van der Waals surface area contributed by atoms with Gasteiger partial charge in [-0.25, -0.2) is 0 Å². The minimum atomic E-state index is -1.78. The van der Waals surface area contributed by atoms with Crippen molar-refractivity contribution in [1.82, 2.24) is 0 Å². The molecule has 57 heavy (non-hydrogen) atoms. The molecular weight excluding hydrogens is 748 g/mol. The van der Waals surface area contributed by atoms with Crippen LogP contribution in [0.3, 0.4) is 0 Å². The normalized spacial score (nSPS) is 53.7. The molecule has 20 atom stereocenters. The van der Waals surface area contributed by atoms with Gasteiger partial charge in [0.25, 0.3) is 0 Å². The Labute approximate surface area is 332 Å². The summed E-state index contributed by atoms with van der Waals surface area (Å²) in [7, 11) is 0. The Morgan fingerprint density at radius 3 is 2.00 bits per heavy atom. The van der Waals surface area contributed by atoms with Gasteiger partial charge in [-0.3, -0.25) is 9.59 Å². The summed E-state index contributed by atoms with van der Waals surface area (Å²) in [4.78, 5) is 27.9. The van der Waals surface area contributed by atoms with Gasteiger partial charge in [0.1, 0.15) is 54.9 Å². The molecule has 7 rings (SSSR count). The number of esters is 1. The Kier molecular flexibility index (Phi) is 11.2. The van der Waals surface area contributed by atoms with Gasteiger partial charge in [0.15, 0.2) is 6.29 Å². The van der Waals surface area contributed by atoms with E-state index in [1.165, 1.54) is 0 Å². The highest BCUT2D eigenvalue weighted by molar-refractivity contribution is 5.79. The van der Waals surface area contributed by atoms with Crippen molar-refractivity contribution < 1.29 is 79.6 Å². The van der Waals surface area contributed by atoms with Gasteiger partial charge in [0, 0.05) is 5.92 Å². The van der Waals surface area contributed by atoms with Crippen LogP contribution in [-0.4, -0.2) is 150 Å². The van der Waals surface area contributed by atoms with E-state index in [-0.39, 0.29) is 18.3 Å². The van der Waals surface area contributed by atoms with Crippen molar-refractivity contribution in [1.29, 1.82) is 0 Å². The summed E-state index contributed by atoms with van der Waals surface area (Å²) in [6.45, 7) is 11.0. The maximum Gasteiger partial charge on any atom is 0.315 e. The standard InChI is InChI=1S/C41H62O16/c1-18-8-11-41(36(53)57-34-31(50)29(48)27(46)23(17-43)55-34)13-12-38(3)19(20(41)14-18)6-7-24-37(2)15-21(44)32(40(5,35(51)52)25(37)9-10-39(24,38)4)56-33-30(49)28(47)26(45)22(16-42)54-33/h6,20-34,42-50H,1,7-17H2,2-5H3,(H,51,52). The zero-order chi connectivity index (χ0) is 41.8. The third kappa shape index (κ3) is 6.14. The highest BCUT2D eigenvalue weighted by Gasteiger charge is 2.72. The first kappa shape index (κ1) is 43.0. The first-order valence-electron chi connectivity index (χ1n) is 20.4. The predicted octanol–water partition coefficient (Wildman–Crippen LogP) is -0.118. The van der Waals surface area contributed by atoms with Crippen molar-refractivity contribution in [2.24, 2.45) is 44.8 Å². The van der Waals surface area contributed by atoms with Gasteiger partial charge in [0.2, 0.25) is 6.29 Å². The molecule has 7 aliphatic rings. The largest absolute Gasteiger partial charge is 0.481 e. The lowest BCUT2D eigenvalue weighted by Gasteiger charge is -2.71. The molecule has 0 bridgehead atoms. The van der Waals surface area contributed by atoms with Crippen molar-refractivity contribution in [3.05, 3.63) is 23.8 Å². The van der Waals surface area contributed by atoms with E-state index in [0.717, 1.165) is 11.1 Å². The van der Waals surface area contributed by atoms with Gasteiger partial charge in [-0.05, 0) is 92.8 Å². The van der Waals surface area contributed by atoms with E-state index in [1.807, 2.05) is 6.92 Å². The number of ether oxygens (including phenoxy) is 4. The Bertz CT molecular complexity index is 1620. The molecule has 0 spiro atoms. The molecule has 2 saturated heterocycles. The van der Waals surface area contributed by atoms with Crippen LogP contribution in [0.5, 0.6) is 0 Å². The number of carbonyl (C=O) groups is 2. The maximum absolute atomic E-state index is 14.4. The van der Waals surface area contributed by atoms with Crippen LogP contribution < -0.4 is 0 Å². The summed E-state index contributed by atoms with van der Waals surface area (Å²) < 4.78 is 23.2. The average Bonchev–Trinajstić information content (AvgIpc) is 3.16. The van der Waals surface area contributed by atoms with Crippen molar-refractivity contribution in [2.45, 2.75) is 159 Å². The second-order valence-electron chi connectivity index (χ2n) is 19.2. The number of aliphatic hydroxyl groups excluding tert-OH is 9. The third-order valence-corrected chi connectivity index (χ3v) is 16.7. The van der Waals surface area contributed by atoms with Gasteiger partial charge in [-0.15, -0.1) is 0 Å². The molecule has 5 aliphatic carbocycles. The summed E-state index contributed by atoms with van der Waals surface area (Å²) >= 11 is 0. The van der Waals surface area contributed by atoms with Crippen LogP contribution in [0.1, 0.15) is 85.5 Å². The summed E-state index contributed by atoms with van der Waals surface area (Å²) in [5, 5.41) is 105. The van der Waals surface area contributed by atoms with Crippen molar-refractivity contribution in [3.63, 3.8) is 0 Å². The maximum atomic E-state index is 14.4. The molecule has 0 aromatic carbocycles. The molecule has 10 N–H and O–H groups in total. The molecule has 0 aromatic rings. The molecule has 322 valence electrons. The molecule has 2 heterocycles. The van der Waals surface area contributed by atoms with Gasteiger partial charge in [-0.2, -0.15) is 0 Å². The van der Waals surface area contributed by atoms with Crippen LogP contribution >= 0.6 is 0 Å². The van der Waals surface area contributed by atoms with Gasteiger partial charge < -0.3 is 70.0 Å². The zero-order valence-electron chi connectivity index (χ0n) is 33.1.